The average molecular weight is 272 g/mol. The molecule has 2 unspecified atom stereocenters. The van der Waals surface area contributed by atoms with Gasteiger partial charge in [0.15, 0.2) is 0 Å². The highest BCUT2D eigenvalue weighted by Crippen LogP contribution is 2.39. The number of benzene rings is 2. The summed E-state index contributed by atoms with van der Waals surface area (Å²) < 4.78 is 0. The molecule has 1 aliphatic carbocycles. The number of nitrogens with two attached hydrogens (primary N) is 1. The summed E-state index contributed by atoms with van der Waals surface area (Å²) in [5.41, 5.74) is 10.5. The molecule has 3 rings (SSSR count). The number of hydrogen-bond donors (Lipinski definition) is 1. The third-order valence-corrected chi connectivity index (χ3v) is 4.32. The van der Waals surface area contributed by atoms with Gasteiger partial charge in [-0.25, -0.2) is 0 Å². The van der Waals surface area contributed by atoms with Crippen LogP contribution in [0.15, 0.2) is 48.5 Å². The van der Waals surface area contributed by atoms with Gasteiger partial charge >= 0.3 is 0 Å². The maximum Gasteiger partial charge on any atom is 0.0409 e. The van der Waals surface area contributed by atoms with E-state index >= 15 is 0 Å². The summed E-state index contributed by atoms with van der Waals surface area (Å²) in [6.45, 7) is 0. The van der Waals surface area contributed by atoms with Crippen molar-refractivity contribution in [2.24, 2.45) is 5.73 Å². The van der Waals surface area contributed by atoms with E-state index in [9.17, 15) is 0 Å². The second-order valence-corrected chi connectivity index (χ2v) is 5.71. The number of rotatable bonds is 2. The number of aryl methyl sites for hydroxylation is 1. The van der Waals surface area contributed by atoms with Gasteiger partial charge < -0.3 is 5.73 Å². The first-order valence-corrected chi connectivity index (χ1v) is 7.22. The lowest BCUT2D eigenvalue weighted by molar-refractivity contribution is 0.474. The largest absolute Gasteiger partial charge is 0.323 e. The van der Waals surface area contributed by atoms with Crippen LogP contribution in [0.5, 0.6) is 0 Å². The molecule has 0 bridgehead atoms. The van der Waals surface area contributed by atoms with Crippen molar-refractivity contribution < 1.29 is 0 Å². The van der Waals surface area contributed by atoms with E-state index in [4.69, 9.17) is 17.3 Å². The van der Waals surface area contributed by atoms with Crippen LogP contribution in [0, 0.1) is 0 Å². The fourth-order valence-corrected chi connectivity index (χ4v) is 3.31. The van der Waals surface area contributed by atoms with E-state index in [1.807, 2.05) is 18.2 Å². The molecule has 1 aliphatic rings. The number of fused-ring (bicyclic) bond motifs is 1. The van der Waals surface area contributed by atoms with Crippen molar-refractivity contribution in [2.75, 3.05) is 0 Å². The lowest BCUT2D eigenvalue weighted by Crippen LogP contribution is -2.23. The average Bonchev–Trinajstić information content (AvgIpc) is 2.46. The minimum absolute atomic E-state index is 0.0279. The van der Waals surface area contributed by atoms with Crippen molar-refractivity contribution in [3.8, 4) is 0 Å². The molecular formula is C17H18ClN. The van der Waals surface area contributed by atoms with Crippen LogP contribution >= 0.6 is 11.6 Å². The Bertz CT molecular complexity index is 579. The Morgan fingerprint density at radius 2 is 1.95 bits per heavy atom. The summed E-state index contributed by atoms with van der Waals surface area (Å²) >= 11 is 6.07. The predicted octanol–water partition coefficient (Wildman–Crippen LogP) is 4.46. The lowest BCUT2D eigenvalue weighted by Gasteiger charge is -2.30. The summed E-state index contributed by atoms with van der Waals surface area (Å²) in [6.07, 6.45) is 3.55. The van der Waals surface area contributed by atoms with Crippen LogP contribution < -0.4 is 5.73 Å². The van der Waals surface area contributed by atoms with Crippen LogP contribution in [-0.4, -0.2) is 0 Å². The van der Waals surface area contributed by atoms with Gasteiger partial charge in [0.05, 0.1) is 0 Å². The maximum atomic E-state index is 6.49. The third kappa shape index (κ3) is 2.54. The second kappa shape index (κ2) is 5.36. The van der Waals surface area contributed by atoms with Gasteiger partial charge in [-0.3, -0.25) is 0 Å². The Hall–Kier alpha value is -1.31. The van der Waals surface area contributed by atoms with Crippen LogP contribution in [0.1, 0.15) is 41.5 Å². The zero-order valence-electron chi connectivity index (χ0n) is 10.9. The Morgan fingerprint density at radius 3 is 2.79 bits per heavy atom. The quantitative estimate of drug-likeness (QED) is 0.857. The molecule has 2 atom stereocenters. The molecule has 0 fully saturated rings. The van der Waals surface area contributed by atoms with Gasteiger partial charge in [-0.2, -0.15) is 0 Å². The van der Waals surface area contributed by atoms with E-state index in [0.717, 1.165) is 17.0 Å². The van der Waals surface area contributed by atoms with E-state index in [2.05, 4.69) is 30.3 Å². The molecule has 0 aromatic heterocycles. The summed E-state index contributed by atoms with van der Waals surface area (Å²) in [7, 11) is 0. The molecule has 0 heterocycles. The zero-order chi connectivity index (χ0) is 13.2. The molecule has 19 heavy (non-hydrogen) atoms. The van der Waals surface area contributed by atoms with E-state index in [1.54, 1.807) is 0 Å². The molecule has 0 radical (unpaired) electrons. The van der Waals surface area contributed by atoms with E-state index in [-0.39, 0.29) is 6.04 Å². The molecule has 1 nitrogen and oxygen atoms in total. The highest BCUT2D eigenvalue weighted by molar-refractivity contribution is 6.30. The molecule has 0 aliphatic heterocycles. The summed E-state index contributed by atoms with van der Waals surface area (Å²) in [6, 6.07) is 16.7. The second-order valence-electron chi connectivity index (χ2n) is 5.28. The Balaban J connectivity index is 1.95. The first-order valence-electron chi connectivity index (χ1n) is 6.84. The van der Waals surface area contributed by atoms with E-state index < -0.39 is 0 Å². The van der Waals surface area contributed by atoms with Crippen molar-refractivity contribution in [3.63, 3.8) is 0 Å². The molecule has 2 aromatic carbocycles. The molecule has 2 aromatic rings. The molecule has 0 spiro atoms. The number of hydrogen-bond acceptors (Lipinski definition) is 1. The van der Waals surface area contributed by atoms with Gasteiger partial charge in [-0.05, 0) is 48.1 Å². The highest BCUT2D eigenvalue weighted by Gasteiger charge is 2.26. The molecule has 0 saturated carbocycles. The first kappa shape index (κ1) is 12.7. The van der Waals surface area contributed by atoms with Gasteiger partial charge in [-0.1, -0.05) is 48.0 Å². The van der Waals surface area contributed by atoms with Gasteiger partial charge in [0.1, 0.15) is 0 Å². The minimum Gasteiger partial charge on any atom is -0.323 e. The van der Waals surface area contributed by atoms with Crippen molar-refractivity contribution in [1.82, 2.24) is 0 Å². The SMILES string of the molecule is NC(c1cccc(Cl)c1)C1CCCc2ccccc21. The summed E-state index contributed by atoms with van der Waals surface area (Å²) in [4.78, 5) is 0. The molecule has 98 valence electrons. The fraction of sp³-hybridized carbons (Fsp3) is 0.294. The van der Waals surface area contributed by atoms with Crippen LogP contribution in [0.25, 0.3) is 0 Å². The summed E-state index contributed by atoms with van der Waals surface area (Å²) in [5, 5.41) is 0.761. The molecule has 0 amide bonds. The Morgan fingerprint density at radius 1 is 1.11 bits per heavy atom. The monoisotopic (exact) mass is 271 g/mol. The highest BCUT2D eigenvalue weighted by atomic mass is 35.5. The zero-order valence-corrected chi connectivity index (χ0v) is 11.6. The van der Waals surface area contributed by atoms with Crippen LogP contribution in [0.4, 0.5) is 0 Å². The molecule has 2 heteroatoms. The molecule has 0 saturated heterocycles. The number of halogens is 1. The van der Waals surface area contributed by atoms with Gasteiger partial charge in [0.2, 0.25) is 0 Å². The predicted molar refractivity (Wildman–Crippen MR) is 80.5 cm³/mol. The smallest absolute Gasteiger partial charge is 0.0409 e. The minimum atomic E-state index is 0.0279. The van der Waals surface area contributed by atoms with Gasteiger partial charge in [0, 0.05) is 17.0 Å². The van der Waals surface area contributed by atoms with Crippen LogP contribution in [0.2, 0.25) is 5.02 Å². The van der Waals surface area contributed by atoms with Crippen molar-refractivity contribution in [1.29, 1.82) is 0 Å². The van der Waals surface area contributed by atoms with Crippen molar-refractivity contribution in [3.05, 3.63) is 70.2 Å². The lowest BCUT2D eigenvalue weighted by atomic mass is 9.77. The van der Waals surface area contributed by atoms with E-state index in [0.29, 0.717) is 5.92 Å². The Kier molecular flexibility index (Phi) is 3.58. The first-order chi connectivity index (χ1) is 9.25. The Labute approximate surface area is 119 Å². The van der Waals surface area contributed by atoms with E-state index in [1.165, 1.54) is 24.0 Å². The summed E-state index contributed by atoms with van der Waals surface area (Å²) in [5.74, 6) is 0.406. The third-order valence-electron chi connectivity index (χ3n) is 4.08. The fourth-order valence-electron chi connectivity index (χ4n) is 3.11. The normalized spacial score (nSPS) is 19.8. The topological polar surface area (TPSA) is 26.0 Å². The molecular weight excluding hydrogens is 254 g/mol. The van der Waals surface area contributed by atoms with Gasteiger partial charge in [-0.15, -0.1) is 0 Å². The van der Waals surface area contributed by atoms with Gasteiger partial charge in [0.25, 0.3) is 0 Å². The van der Waals surface area contributed by atoms with Crippen molar-refractivity contribution >= 4 is 11.6 Å². The van der Waals surface area contributed by atoms with Crippen LogP contribution in [0.3, 0.4) is 0 Å². The maximum absolute atomic E-state index is 6.49. The standard InChI is InChI=1S/C17H18ClN/c18-14-8-3-7-13(11-14)17(19)16-10-4-6-12-5-1-2-9-15(12)16/h1-3,5,7-9,11,16-17H,4,6,10,19H2. The van der Waals surface area contributed by atoms with Crippen LogP contribution in [-0.2, 0) is 6.42 Å². The molecule has 2 N–H and O–H groups in total. The van der Waals surface area contributed by atoms with Crippen molar-refractivity contribution in [2.45, 2.75) is 31.2 Å².